The average Bonchev–Trinajstić information content (AvgIpc) is 2.85. The van der Waals surface area contributed by atoms with Crippen LogP contribution < -0.4 is 5.32 Å². The van der Waals surface area contributed by atoms with Crippen LogP contribution in [-0.4, -0.2) is 25.9 Å². The molecule has 1 amide bonds. The summed E-state index contributed by atoms with van der Waals surface area (Å²) in [6, 6.07) is 1.93. The highest BCUT2D eigenvalue weighted by Gasteiger charge is 2.15. The molecule has 7 nitrogen and oxygen atoms in total. The van der Waals surface area contributed by atoms with Crippen LogP contribution in [0.4, 0.5) is 6.01 Å². The van der Waals surface area contributed by atoms with E-state index in [0.29, 0.717) is 11.6 Å². The van der Waals surface area contributed by atoms with Crippen molar-refractivity contribution in [1.29, 1.82) is 0 Å². The van der Waals surface area contributed by atoms with Crippen LogP contribution in [0.1, 0.15) is 19.5 Å². The summed E-state index contributed by atoms with van der Waals surface area (Å²) in [5.74, 6) is 0.0304. The van der Waals surface area contributed by atoms with Gasteiger partial charge in [0.2, 0.25) is 5.91 Å². The Morgan fingerprint density at radius 3 is 2.72 bits per heavy atom. The Balaban J connectivity index is 2.20. The van der Waals surface area contributed by atoms with Gasteiger partial charge < -0.3 is 4.42 Å². The van der Waals surface area contributed by atoms with Gasteiger partial charge in [0.25, 0.3) is 5.89 Å². The van der Waals surface area contributed by atoms with Gasteiger partial charge in [-0.1, -0.05) is 18.9 Å². The highest BCUT2D eigenvalue weighted by Crippen LogP contribution is 2.20. The van der Waals surface area contributed by atoms with Crippen LogP contribution in [-0.2, 0) is 11.8 Å². The summed E-state index contributed by atoms with van der Waals surface area (Å²) < 4.78 is 7.02. The van der Waals surface area contributed by atoms with Crippen LogP contribution in [0.25, 0.3) is 11.6 Å². The van der Waals surface area contributed by atoms with E-state index >= 15 is 0 Å². The molecule has 0 fully saturated rings. The van der Waals surface area contributed by atoms with Crippen molar-refractivity contribution in [3.05, 3.63) is 11.8 Å². The summed E-state index contributed by atoms with van der Waals surface area (Å²) in [5, 5.41) is 14.4. The highest BCUT2D eigenvalue weighted by molar-refractivity contribution is 5.90. The molecule has 2 rings (SSSR count). The molecule has 0 radical (unpaired) electrons. The number of anilines is 1. The lowest BCUT2D eigenvalue weighted by Crippen LogP contribution is -2.17. The Morgan fingerprint density at radius 1 is 1.44 bits per heavy atom. The average molecular weight is 249 g/mol. The SMILES string of the molecule is Cc1cc(-c2nnc(NC(=O)C(C)C)o2)n(C)n1. The second-order valence-corrected chi connectivity index (χ2v) is 4.35. The quantitative estimate of drug-likeness (QED) is 0.887. The zero-order valence-electron chi connectivity index (χ0n) is 10.8. The van der Waals surface area contributed by atoms with E-state index in [1.54, 1.807) is 25.6 Å². The van der Waals surface area contributed by atoms with Crippen LogP contribution in [0.3, 0.4) is 0 Å². The number of carbonyl (C=O) groups excluding carboxylic acids is 1. The molecule has 0 aliphatic carbocycles. The van der Waals surface area contributed by atoms with Crippen LogP contribution in [0.15, 0.2) is 10.5 Å². The molecular weight excluding hydrogens is 234 g/mol. The van der Waals surface area contributed by atoms with E-state index in [2.05, 4.69) is 20.6 Å². The molecule has 0 aliphatic rings. The van der Waals surface area contributed by atoms with Gasteiger partial charge in [0.15, 0.2) is 0 Å². The Morgan fingerprint density at radius 2 is 2.17 bits per heavy atom. The van der Waals surface area contributed by atoms with Gasteiger partial charge in [-0.3, -0.25) is 14.8 Å². The highest BCUT2D eigenvalue weighted by atomic mass is 16.4. The normalized spacial score (nSPS) is 10.9. The lowest BCUT2D eigenvalue weighted by Gasteiger charge is -2.01. The van der Waals surface area contributed by atoms with Crippen molar-refractivity contribution >= 4 is 11.9 Å². The van der Waals surface area contributed by atoms with E-state index in [1.165, 1.54) is 0 Å². The van der Waals surface area contributed by atoms with Gasteiger partial charge in [-0.25, -0.2) is 0 Å². The fraction of sp³-hybridized carbons (Fsp3) is 0.455. The van der Waals surface area contributed by atoms with Crippen molar-refractivity contribution < 1.29 is 9.21 Å². The largest absolute Gasteiger partial charge is 0.401 e. The minimum Gasteiger partial charge on any atom is -0.401 e. The molecule has 0 saturated heterocycles. The minimum absolute atomic E-state index is 0.0996. The number of carbonyl (C=O) groups is 1. The maximum atomic E-state index is 11.5. The van der Waals surface area contributed by atoms with Crippen molar-refractivity contribution in [2.45, 2.75) is 20.8 Å². The Hall–Kier alpha value is -2.18. The maximum Gasteiger partial charge on any atom is 0.322 e. The van der Waals surface area contributed by atoms with Gasteiger partial charge in [-0.2, -0.15) is 5.10 Å². The number of nitrogens with one attached hydrogen (secondary N) is 1. The molecule has 1 N–H and O–H groups in total. The number of hydrogen-bond donors (Lipinski definition) is 1. The molecule has 0 aliphatic heterocycles. The third kappa shape index (κ3) is 2.39. The summed E-state index contributed by atoms with van der Waals surface area (Å²) in [7, 11) is 1.79. The first-order valence-corrected chi connectivity index (χ1v) is 5.62. The lowest BCUT2D eigenvalue weighted by molar-refractivity contribution is -0.119. The third-order valence-corrected chi connectivity index (χ3v) is 2.40. The van der Waals surface area contributed by atoms with Gasteiger partial charge in [0.1, 0.15) is 5.69 Å². The van der Waals surface area contributed by atoms with Crippen molar-refractivity contribution in [3.63, 3.8) is 0 Å². The topological polar surface area (TPSA) is 85.8 Å². The van der Waals surface area contributed by atoms with Crippen molar-refractivity contribution in [1.82, 2.24) is 20.0 Å². The number of rotatable bonds is 3. The van der Waals surface area contributed by atoms with Gasteiger partial charge in [0.05, 0.1) is 5.69 Å². The Bertz CT molecular complexity index is 570. The molecule has 0 atom stereocenters. The summed E-state index contributed by atoms with van der Waals surface area (Å²) in [6.07, 6.45) is 0. The smallest absolute Gasteiger partial charge is 0.322 e. The van der Waals surface area contributed by atoms with E-state index in [9.17, 15) is 4.79 Å². The van der Waals surface area contributed by atoms with Crippen molar-refractivity contribution in [2.24, 2.45) is 13.0 Å². The molecule has 2 heterocycles. The van der Waals surface area contributed by atoms with E-state index in [1.807, 2.05) is 13.0 Å². The molecular formula is C11H15N5O2. The lowest BCUT2D eigenvalue weighted by atomic mass is 10.2. The van der Waals surface area contributed by atoms with Gasteiger partial charge in [0, 0.05) is 13.0 Å². The molecule has 96 valence electrons. The first-order valence-electron chi connectivity index (χ1n) is 5.62. The molecule has 2 aromatic heterocycles. The number of nitrogens with zero attached hydrogens (tertiary/aromatic N) is 4. The summed E-state index contributed by atoms with van der Waals surface area (Å²) in [6.45, 7) is 5.45. The van der Waals surface area contributed by atoms with Gasteiger partial charge in [-0.05, 0) is 13.0 Å². The second-order valence-electron chi connectivity index (χ2n) is 4.35. The van der Waals surface area contributed by atoms with Crippen molar-refractivity contribution in [2.75, 3.05) is 5.32 Å². The first kappa shape index (κ1) is 12.3. The molecule has 0 unspecified atom stereocenters. The fourth-order valence-corrected chi connectivity index (χ4v) is 1.44. The monoisotopic (exact) mass is 249 g/mol. The second kappa shape index (κ2) is 4.59. The first-order chi connectivity index (χ1) is 8.47. The Labute approximate surface area is 104 Å². The van der Waals surface area contributed by atoms with E-state index < -0.39 is 0 Å². The van der Waals surface area contributed by atoms with E-state index in [0.717, 1.165) is 5.69 Å². The molecule has 0 spiro atoms. The van der Waals surface area contributed by atoms with Gasteiger partial charge in [-0.15, -0.1) is 5.10 Å². The molecule has 2 aromatic rings. The summed E-state index contributed by atoms with van der Waals surface area (Å²) in [5.41, 5.74) is 1.57. The van der Waals surface area contributed by atoms with Crippen LogP contribution in [0, 0.1) is 12.8 Å². The zero-order valence-corrected chi connectivity index (χ0v) is 10.8. The maximum absolute atomic E-state index is 11.5. The van der Waals surface area contributed by atoms with E-state index in [4.69, 9.17) is 4.42 Å². The van der Waals surface area contributed by atoms with Crippen LogP contribution >= 0.6 is 0 Å². The number of aryl methyl sites for hydroxylation is 2. The number of aromatic nitrogens is 4. The minimum atomic E-state index is -0.161. The third-order valence-electron chi connectivity index (χ3n) is 2.40. The predicted octanol–water partition coefficient (Wildman–Crippen LogP) is 1.37. The Kier molecular flexibility index (Phi) is 3.14. The summed E-state index contributed by atoms with van der Waals surface area (Å²) in [4.78, 5) is 11.5. The molecule has 0 aromatic carbocycles. The molecule has 0 saturated carbocycles. The fourth-order valence-electron chi connectivity index (χ4n) is 1.44. The molecule has 7 heteroatoms. The molecule has 18 heavy (non-hydrogen) atoms. The van der Waals surface area contributed by atoms with E-state index in [-0.39, 0.29) is 17.8 Å². The number of hydrogen-bond acceptors (Lipinski definition) is 5. The zero-order chi connectivity index (χ0) is 13.3. The number of amides is 1. The van der Waals surface area contributed by atoms with Crippen LogP contribution in [0.2, 0.25) is 0 Å². The van der Waals surface area contributed by atoms with Crippen molar-refractivity contribution in [3.8, 4) is 11.6 Å². The van der Waals surface area contributed by atoms with Crippen LogP contribution in [0.5, 0.6) is 0 Å². The standard InChI is InChI=1S/C11H15N5O2/c1-6(2)9(17)12-11-14-13-10(18-11)8-5-7(3)15-16(8)4/h5-6H,1-4H3,(H,12,14,17). The van der Waals surface area contributed by atoms with Gasteiger partial charge >= 0.3 is 6.01 Å². The predicted molar refractivity (Wildman–Crippen MR) is 64.7 cm³/mol. The summed E-state index contributed by atoms with van der Waals surface area (Å²) >= 11 is 0. The molecule has 0 bridgehead atoms.